The standard InChI is InChI=1S/C12H19N3O2S/c1-8-6-9(2)15-11(16)10(8)7-14-12(18)13-4-5-17-3/h6H,4-5,7H2,1-3H3,(H,15,16)(H2,13,14,18). The second kappa shape index (κ2) is 7.13. The summed E-state index contributed by atoms with van der Waals surface area (Å²) in [5.41, 5.74) is 2.46. The van der Waals surface area contributed by atoms with Crippen molar-refractivity contribution in [3.8, 4) is 0 Å². The van der Waals surface area contributed by atoms with Crippen LogP contribution in [0.5, 0.6) is 0 Å². The third kappa shape index (κ3) is 4.46. The fourth-order valence-electron chi connectivity index (χ4n) is 1.60. The lowest BCUT2D eigenvalue weighted by Gasteiger charge is -2.11. The number of hydrogen-bond acceptors (Lipinski definition) is 3. The van der Waals surface area contributed by atoms with Crippen LogP contribution in [-0.4, -0.2) is 30.4 Å². The van der Waals surface area contributed by atoms with E-state index in [1.165, 1.54) is 0 Å². The van der Waals surface area contributed by atoms with Crippen LogP contribution in [0.15, 0.2) is 10.9 Å². The van der Waals surface area contributed by atoms with Crippen LogP contribution >= 0.6 is 12.2 Å². The molecule has 0 fully saturated rings. The maximum absolute atomic E-state index is 11.8. The molecule has 0 amide bonds. The molecule has 1 aromatic heterocycles. The van der Waals surface area contributed by atoms with Crippen molar-refractivity contribution in [3.63, 3.8) is 0 Å². The van der Waals surface area contributed by atoms with Gasteiger partial charge < -0.3 is 20.4 Å². The summed E-state index contributed by atoms with van der Waals surface area (Å²) in [6.07, 6.45) is 0. The number of H-pyrrole nitrogens is 1. The minimum absolute atomic E-state index is 0.0697. The first kappa shape index (κ1) is 14.7. The molecule has 0 aliphatic rings. The maximum Gasteiger partial charge on any atom is 0.253 e. The van der Waals surface area contributed by atoms with Crippen molar-refractivity contribution in [1.82, 2.24) is 15.6 Å². The number of aromatic amines is 1. The zero-order chi connectivity index (χ0) is 13.5. The summed E-state index contributed by atoms with van der Waals surface area (Å²) >= 11 is 5.09. The molecule has 0 unspecified atom stereocenters. The van der Waals surface area contributed by atoms with Gasteiger partial charge in [-0.2, -0.15) is 0 Å². The largest absolute Gasteiger partial charge is 0.383 e. The Hall–Kier alpha value is -1.40. The monoisotopic (exact) mass is 269 g/mol. The van der Waals surface area contributed by atoms with Crippen molar-refractivity contribution in [1.29, 1.82) is 0 Å². The van der Waals surface area contributed by atoms with Gasteiger partial charge in [0.15, 0.2) is 5.11 Å². The highest BCUT2D eigenvalue weighted by atomic mass is 32.1. The molecule has 100 valence electrons. The van der Waals surface area contributed by atoms with Crippen molar-refractivity contribution in [2.45, 2.75) is 20.4 Å². The van der Waals surface area contributed by atoms with Crippen molar-refractivity contribution < 1.29 is 4.74 Å². The molecule has 3 N–H and O–H groups in total. The zero-order valence-electron chi connectivity index (χ0n) is 10.9. The first-order valence-electron chi connectivity index (χ1n) is 5.74. The van der Waals surface area contributed by atoms with Crippen LogP contribution in [0.2, 0.25) is 0 Å². The molecular weight excluding hydrogens is 250 g/mol. The van der Waals surface area contributed by atoms with Crippen LogP contribution in [0.3, 0.4) is 0 Å². The van der Waals surface area contributed by atoms with E-state index in [1.54, 1.807) is 7.11 Å². The molecule has 18 heavy (non-hydrogen) atoms. The average molecular weight is 269 g/mol. The van der Waals surface area contributed by atoms with Gasteiger partial charge in [-0.15, -0.1) is 0 Å². The lowest BCUT2D eigenvalue weighted by atomic mass is 10.1. The Balaban J connectivity index is 2.54. The summed E-state index contributed by atoms with van der Waals surface area (Å²) < 4.78 is 4.90. The molecule has 0 aliphatic heterocycles. The minimum atomic E-state index is -0.0697. The Morgan fingerprint density at radius 3 is 2.78 bits per heavy atom. The second-order valence-corrected chi connectivity index (χ2v) is 4.45. The molecule has 6 heteroatoms. The van der Waals surface area contributed by atoms with E-state index < -0.39 is 0 Å². The Morgan fingerprint density at radius 2 is 2.17 bits per heavy atom. The molecule has 0 aliphatic carbocycles. The summed E-state index contributed by atoms with van der Waals surface area (Å²) in [4.78, 5) is 14.5. The Labute approximate surface area is 112 Å². The first-order chi connectivity index (χ1) is 8.54. The number of aromatic nitrogens is 1. The number of nitrogens with one attached hydrogen (secondary N) is 3. The van der Waals surface area contributed by atoms with Crippen LogP contribution in [0.1, 0.15) is 16.8 Å². The molecule has 5 nitrogen and oxygen atoms in total. The van der Waals surface area contributed by atoms with E-state index in [9.17, 15) is 4.79 Å². The predicted molar refractivity (Wildman–Crippen MR) is 75.9 cm³/mol. The lowest BCUT2D eigenvalue weighted by molar-refractivity contribution is 0.204. The number of rotatable bonds is 5. The molecule has 0 saturated carbocycles. The van der Waals surface area contributed by atoms with Gasteiger partial charge in [-0.05, 0) is 37.7 Å². The number of thiocarbonyl (C=S) groups is 1. The molecule has 0 radical (unpaired) electrons. The number of hydrogen-bond donors (Lipinski definition) is 3. The van der Waals surface area contributed by atoms with Gasteiger partial charge in [-0.1, -0.05) is 0 Å². The Morgan fingerprint density at radius 1 is 1.44 bits per heavy atom. The van der Waals surface area contributed by atoms with Crippen LogP contribution in [0.4, 0.5) is 0 Å². The topological polar surface area (TPSA) is 66.2 Å². The van der Waals surface area contributed by atoms with E-state index in [0.717, 1.165) is 11.3 Å². The summed E-state index contributed by atoms with van der Waals surface area (Å²) in [5, 5.41) is 6.51. The van der Waals surface area contributed by atoms with Gasteiger partial charge in [0.1, 0.15) is 0 Å². The van der Waals surface area contributed by atoms with Crippen molar-refractivity contribution in [2.24, 2.45) is 0 Å². The molecule has 1 aromatic rings. The third-order valence-corrected chi connectivity index (χ3v) is 2.80. The van der Waals surface area contributed by atoms with Gasteiger partial charge >= 0.3 is 0 Å². The van der Waals surface area contributed by atoms with Crippen LogP contribution in [-0.2, 0) is 11.3 Å². The third-order valence-electron chi connectivity index (χ3n) is 2.51. The number of methoxy groups -OCH3 is 1. The SMILES string of the molecule is COCCNC(=S)NCc1c(C)cc(C)[nH]c1=O. The van der Waals surface area contributed by atoms with Crippen molar-refractivity contribution >= 4 is 17.3 Å². The number of aryl methyl sites for hydroxylation is 2. The molecule has 0 bridgehead atoms. The summed E-state index contributed by atoms with van der Waals surface area (Å²) in [6, 6.07) is 1.94. The van der Waals surface area contributed by atoms with Crippen LogP contribution in [0.25, 0.3) is 0 Å². The van der Waals surface area contributed by atoms with E-state index in [0.29, 0.717) is 30.4 Å². The van der Waals surface area contributed by atoms with Gasteiger partial charge in [0.05, 0.1) is 6.61 Å². The summed E-state index contributed by atoms with van der Waals surface area (Å²) in [5.74, 6) is 0. The Bertz CT molecular complexity index is 471. The quantitative estimate of drug-likeness (QED) is 0.540. The molecule has 0 atom stereocenters. The van der Waals surface area contributed by atoms with E-state index in [-0.39, 0.29) is 5.56 Å². The molecule has 1 heterocycles. The number of pyridine rings is 1. The molecule has 0 aromatic carbocycles. The smallest absolute Gasteiger partial charge is 0.253 e. The van der Waals surface area contributed by atoms with Gasteiger partial charge in [0.25, 0.3) is 5.56 Å². The highest BCUT2D eigenvalue weighted by molar-refractivity contribution is 7.80. The van der Waals surface area contributed by atoms with E-state index >= 15 is 0 Å². The van der Waals surface area contributed by atoms with Crippen LogP contribution < -0.4 is 16.2 Å². The fourth-order valence-corrected chi connectivity index (χ4v) is 1.77. The van der Waals surface area contributed by atoms with Crippen molar-refractivity contribution in [2.75, 3.05) is 20.3 Å². The maximum atomic E-state index is 11.8. The summed E-state index contributed by atoms with van der Waals surface area (Å²) in [7, 11) is 1.63. The van der Waals surface area contributed by atoms with Gasteiger partial charge in [-0.25, -0.2) is 0 Å². The molecule has 1 rings (SSSR count). The van der Waals surface area contributed by atoms with Gasteiger partial charge in [0, 0.05) is 31.5 Å². The highest BCUT2D eigenvalue weighted by Crippen LogP contribution is 2.02. The summed E-state index contributed by atoms with van der Waals surface area (Å²) in [6.45, 7) is 5.43. The van der Waals surface area contributed by atoms with Gasteiger partial charge in [0.2, 0.25) is 0 Å². The highest BCUT2D eigenvalue weighted by Gasteiger charge is 2.05. The predicted octanol–water partition coefficient (Wildman–Crippen LogP) is 0.602. The molecule has 0 saturated heterocycles. The molecular formula is C12H19N3O2S. The van der Waals surface area contributed by atoms with E-state index in [2.05, 4.69) is 15.6 Å². The second-order valence-electron chi connectivity index (χ2n) is 4.05. The Kier molecular flexibility index (Phi) is 5.80. The van der Waals surface area contributed by atoms with Crippen LogP contribution in [0, 0.1) is 13.8 Å². The normalized spacial score (nSPS) is 10.2. The zero-order valence-corrected chi connectivity index (χ0v) is 11.7. The fraction of sp³-hybridized carbons (Fsp3) is 0.500. The lowest BCUT2D eigenvalue weighted by Crippen LogP contribution is -2.37. The van der Waals surface area contributed by atoms with Crippen molar-refractivity contribution in [3.05, 3.63) is 33.2 Å². The minimum Gasteiger partial charge on any atom is -0.383 e. The molecule has 0 spiro atoms. The number of ether oxygens (including phenoxy) is 1. The van der Waals surface area contributed by atoms with Gasteiger partial charge in [-0.3, -0.25) is 4.79 Å². The first-order valence-corrected chi connectivity index (χ1v) is 6.15. The average Bonchev–Trinajstić information content (AvgIpc) is 2.27. The van der Waals surface area contributed by atoms with E-state index in [1.807, 2.05) is 19.9 Å². The van der Waals surface area contributed by atoms with E-state index in [4.69, 9.17) is 17.0 Å².